The number of aromatic amines is 1. The van der Waals surface area contributed by atoms with Crippen LogP contribution in [0.2, 0.25) is 0 Å². The van der Waals surface area contributed by atoms with Crippen molar-refractivity contribution < 1.29 is 9.21 Å². The van der Waals surface area contributed by atoms with E-state index in [9.17, 15) is 4.79 Å². The van der Waals surface area contributed by atoms with E-state index in [2.05, 4.69) is 40.7 Å². The topological polar surface area (TPSA) is 125 Å². The van der Waals surface area contributed by atoms with Gasteiger partial charge in [0.15, 0.2) is 0 Å². The Morgan fingerprint density at radius 1 is 1.29 bits per heavy atom. The molecule has 10 nitrogen and oxygen atoms in total. The standard InChI is InChI=1S/C21H22N8O2/c30-18(10-23-15-4-1-3-14(9-15)21-28-26-13-31-21)27-16-5-2-8-29(11-16)20-17-6-7-22-19(17)24-12-25-20/h1,3-4,6-7,9,12-13,16,23H,2,5,8,10-11H2,(H,27,30)(H,22,24,25)/t16-/m1/s1. The van der Waals surface area contributed by atoms with Crippen molar-refractivity contribution in [3.05, 3.63) is 49.2 Å². The first-order valence-corrected chi connectivity index (χ1v) is 10.2. The molecule has 1 atom stereocenters. The van der Waals surface area contributed by atoms with Crippen LogP contribution in [0.25, 0.3) is 22.5 Å². The predicted octanol–water partition coefficient (Wildman–Crippen LogP) is 2.21. The van der Waals surface area contributed by atoms with Crippen LogP contribution in [0.3, 0.4) is 0 Å². The van der Waals surface area contributed by atoms with E-state index >= 15 is 0 Å². The highest BCUT2D eigenvalue weighted by Gasteiger charge is 2.23. The van der Waals surface area contributed by atoms with E-state index < -0.39 is 0 Å². The van der Waals surface area contributed by atoms with E-state index in [0.29, 0.717) is 5.89 Å². The molecule has 0 saturated carbocycles. The lowest BCUT2D eigenvalue weighted by atomic mass is 10.1. The normalized spacial score (nSPS) is 16.4. The highest BCUT2D eigenvalue weighted by atomic mass is 16.4. The third-order valence-corrected chi connectivity index (χ3v) is 5.34. The van der Waals surface area contributed by atoms with Crippen molar-refractivity contribution in [3.63, 3.8) is 0 Å². The smallest absolute Gasteiger partial charge is 0.247 e. The third-order valence-electron chi connectivity index (χ3n) is 5.34. The Balaban J connectivity index is 1.18. The van der Waals surface area contributed by atoms with Gasteiger partial charge in [-0.25, -0.2) is 9.97 Å². The molecule has 1 aliphatic heterocycles. The molecule has 1 aliphatic rings. The molecule has 5 rings (SSSR count). The quantitative estimate of drug-likeness (QED) is 0.435. The minimum atomic E-state index is -0.0514. The average molecular weight is 418 g/mol. The largest absolute Gasteiger partial charge is 0.423 e. The Morgan fingerprint density at radius 2 is 2.26 bits per heavy atom. The number of fused-ring (bicyclic) bond motifs is 1. The minimum Gasteiger partial charge on any atom is -0.423 e. The van der Waals surface area contributed by atoms with Gasteiger partial charge in [-0.2, -0.15) is 0 Å². The number of hydrogen-bond donors (Lipinski definition) is 3. The van der Waals surface area contributed by atoms with Gasteiger partial charge in [-0.3, -0.25) is 4.79 Å². The maximum absolute atomic E-state index is 12.5. The van der Waals surface area contributed by atoms with Crippen LogP contribution in [-0.4, -0.2) is 56.7 Å². The van der Waals surface area contributed by atoms with Crippen molar-refractivity contribution in [2.75, 3.05) is 29.9 Å². The molecule has 1 aromatic carbocycles. The number of nitrogens with zero attached hydrogens (tertiary/aromatic N) is 5. The zero-order chi connectivity index (χ0) is 21.0. The second-order valence-electron chi connectivity index (χ2n) is 7.47. The highest BCUT2D eigenvalue weighted by Crippen LogP contribution is 2.25. The molecule has 4 heterocycles. The lowest BCUT2D eigenvalue weighted by molar-refractivity contribution is -0.120. The van der Waals surface area contributed by atoms with Gasteiger partial charge in [0.05, 0.1) is 11.9 Å². The summed E-state index contributed by atoms with van der Waals surface area (Å²) in [5.74, 6) is 1.29. The summed E-state index contributed by atoms with van der Waals surface area (Å²) in [5.41, 5.74) is 2.43. The summed E-state index contributed by atoms with van der Waals surface area (Å²) < 4.78 is 5.22. The number of carbonyl (C=O) groups is 1. The number of hydrogen-bond acceptors (Lipinski definition) is 8. The minimum absolute atomic E-state index is 0.0514. The molecule has 158 valence electrons. The molecular weight excluding hydrogens is 396 g/mol. The molecule has 3 aromatic heterocycles. The number of aromatic nitrogens is 5. The van der Waals surface area contributed by atoms with E-state index in [0.717, 1.165) is 54.0 Å². The molecule has 0 spiro atoms. The zero-order valence-electron chi connectivity index (χ0n) is 16.8. The lowest BCUT2D eigenvalue weighted by Crippen LogP contribution is -2.49. The number of carbonyl (C=O) groups excluding carboxylic acids is 1. The van der Waals surface area contributed by atoms with Gasteiger partial charge in [0.1, 0.15) is 17.8 Å². The van der Waals surface area contributed by atoms with Crippen molar-refractivity contribution in [1.82, 2.24) is 30.5 Å². The Bertz CT molecular complexity index is 1170. The van der Waals surface area contributed by atoms with Gasteiger partial charge < -0.3 is 24.9 Å². The van der Waals surface area contributed by atoms with Gasteiger partial charge in [0.25, 0.3) is 0 Å². The molecule has 0 radical (unpaired) electrons. The van der Waals surface area contributed by atoms with Crippen LogP contribution in [0, 0.1) is 0 Å². The maximum atomic E-state index is 12.5. The first-order chi connectivity index (χ1) is 15.3. The van der Waals surface area contributed by atoms with Crippen molar-refractivity contribution in [2.24, 2.45) is 0 Å². The van der Waals surface area contributed by atoms with Crippen LogP contribution in [0.5, 0.6) is 0 Å². The predicted molar refractivity (Wildman–Crippen MR) is 115 cm³/mol. The average Bonchev–Trinajstić information content (AvgIpc) is 3.50. The molecule has 1 fully saturated rings. The third kappa shape index (κ3) is 4.18. The fourth-order valence-corrected chi connectivity index (χ4v) is 3.92. The summed E-state index contributed by atoms with van der Waals surface area (Å²) in [6, 6.07) is 9.58. The van der Waals surface area contributed by atoms with Gasteiger partial charge in [-0.15, -0.1) is 10.2 Å². The van der Waals surface area contributed by atoms with E-state index in [1.54, 1.807) is 6.33 Å². The second kappa shape index (κ2) is 8.42. The summed E-state index contributed by atoms with van der Waals surface area (Å²) in [7, 11) is 0. The molecule has 10 heteroatoms. The summed E-state index contributed by atoms with van der Waals surface area (Å²) in [6.07, 6.45) is 6.66. The molecule has 4 aromatic rings. The van der Waals surface area contributed by atoms with Gasteiger partial charge in [0.2, 0.25) is 18.2 Å². The molecule has 3 N–H and O–H groups in total. The number of amides is 1. The van der Waals surface area contributed by atoms with Crippen molar-refractivity contribution in [1.29, 1.82) is 0 Å². The first kappa shape index (κ1) is 19.0. The summed E-state index contributed by atoms with van der Waals surface area (Å²) >= 11 is 0. The molecule has 31 heavy (non-hydrogen) atoms. The summed E-state index contributed by atoms with van der Waals surface area (Å²) in [5, 5.41) is 14.9. The molecular formula is C21H22N8O2. The van der Waals surface area contributed by atoms with Gasteiger partial charge >= 0.3 is 0 Å². The molecule has 0 unspecified atom stereocenters. The number of benzene rings is 1. The van der Waals surface area contributed by atoms with Crippen molar-refractivity contribution >= 4 is 28.4 Å². The van der Waals surface area contributed by atoms with Crippen LogP contribution >= 0.6 is 0 Å². The fraction of sp³-hybridized carbons (Fsp3) is 0.286. The fourth-order valence-electron chi connectivity index (χ4n) is 3.92. The lowest BCUT2D eigenvalue weighted by Gasteiger charge is -2.34. The van der Waals surface area contributed by atoms with Gasteiger partial charge in [0, 0.05) is 36.6 Å². The summed E-state index contributed by atoms with van der Waals surface area (Å²) in [6.45, 7) is 1.80. The SMILES string of the molecule is O=C(CNc1cccc(-c2nnco2)c1)N[C@@H]1CCCN(c2ncnc3[nH]ccc23)C1. The van der Waals surface area contributed by atoms with Crippen LogP contribution < -0.4 is 15.5 Å². The first-order valence-electron chi connectivity index (χ1n) is 10.2. The molecule has 1 saturated heterocycles. The van der Waals surface area contributed by atoms with E-state index in [-0.39, 0.29) is 18.5 Å². The van der Waals surface area contributed by atoms with E-state index in [1.807, 2.05) is 36.5 Å². The number of piperidine rings is 1. The number of rotatable bonds is 6. The Kier molecular flexibility index (Phi) is 5.17. The van der Waals surface area contributed by atoms with Crippen LogP contribution in [-0.2, 0) is 4.79 Å². The number of anilines is 2. The maximum Gasteiger partial charge on any atom is 0.247 e. The van der Waals surface area contributed by atoms with Crippen LogP contribution in [0.4, 0.5) is 11.5 Å². The molecule has 0 aliphatic carbocycles. The van der Waals surface area contributed by atoms with Gasteiger partial charge in [-0.05, 0) is 37.1 Å². The van der Waals surface area contributed by atoms with Crippen LogP contribution in [0.1, 0.15) is 12.8 Å². The van der Waals surface area contributed by atoms with Crippen LogP contribution in [0.15, 0.2) is 53.7 Å². The van der Waals surface area contributed by atoms with Crippen molar-refractivity contribution in [3.8, 4) is 11.5 Å². The monoisotopic (exact) mass is 418 g/mol. The van der Waals surface area contributed by atoms with E-state index in [4.69, 9.17) is 4.42 Å². The Hall–Kier alpha value is -3.95. The summed E-state index contributed by atoms with van der Waals surface area (Å²) in [4.78, 5) is 26.6. The Labute approximate surface area is 178 Å². The molecule has 1 amide bonds. The zero-order valence-corrected chi connectivity index (χ0v) is 16.8. The number of nitrogens with one attached hydrogen (secondary N) is 3. The number of H-pyrrole nitrogens is 1. The molecule has 0 bridgehead atoms. The second-order valence-corrected chi connectivity index (χ2v) is 7.47. The van der Waals surface area contributed by atoms with Crippen molar-refractivity contribution in [2.45, 2.75) is 18.9 Å². The van der Waals surface area contributed by atoms with E-state index in [1.165, 1.54) is 6.39 Å². The highest BCUT2D eigenvalue weighted by molar-refractivity contribution is 5.87. The van der Waals surface area contributed by atoms with Gasteiger partial charge in [-0.1, -0.05) is 6.07 Å². The Morgan fingerprint density at radius 3 is 3.16 bits per heavy atom.